The SMILES string of the molecule is CCOc1ccc(C2CC3C(=O)N(Cc4ccc(C)cc4C)C=CN3N2)cc1. The second-order valence-electron chi connectivity index (χ2n) is 7.54. The number of carbonyl (C=O) groups is 1. The van der Waals surface area contributed by atoms with E-state index in [0.717, 1.165) is 12.2 Å². The lowest BCUT2D eigenvalue weighted by molar-refractivity contribution is -0.134. The molecule has 2 aliphatic rings. The van der Waals surface area contributed by atoms with Crippen LogP contribution in [-0.2, 0) is 11.3 Å². The van der Waals surface area contributed by atoms with Crippen LogP contribution in [0.3, 0.4) is 0 Å². The molecule has 1 amide bonds. The number of hydrazine groups is 1. The molecule has 4 rings (SSSR count). The Bertz CT molecular complexity index is 891. The maximum Gasteiger partial charge on any atom is 0.251 e. The first-order valence-corrected chi connectivity index (χ1v) is 9.87. The van der Waals surface area contributed by atoms with Crippen LogP contribution in [-0.4, -0.2) is 28.5 Å². The Hall–Kier alpha value is -2.79. The molecule has 5 heteroatoms. The maximum atomic E-state index is 13.1. The van der Waals surface area contributed by atoms with Gasteiger partial charge in [0.25, 0.3) is 5.91 Å². The van der Waals surface area contributed by atoms with Crippen LogP contribution in [0.1, 0.15) is 41.6 Å². The molecule has 1 N–H and O–H groups in total. The fraction of sp³-hybridized carbons (Fsp3) is 0.348. The Kier molecular flexibility index (Phi) is 5.09. The minimum absolute atomic E-state index is 0.121. The van der Waals surface area contributed by atoms with Gasteiger partial charge in [-0.1, -0.05) is 35.9 Å². The molecule has 0 radical (unpaired) electrons. The Morgan fingerprint density at radius 2 is 1.89 bits per heavy atom. The third kappa shape index (κ3) is 3.62. The quantitative estimate of drug-likeness (QED) is 0.860. The second kappa shape index (κ2) is 7.68. The summed E-state index contributed by atoms with van der Waals surface area (Å²) >= 11 is 0. The minimum Gasteiger partial charge on any atom is -0.494 e. The summed E-state index contributed by atoms with van der Waals surface area (Å²) in [7, 11) is 0. The van der Waals surface area contributed by atoms with E-state index >= 15 is 0 Å². The highest BCUT2D eigenvalue weighted by Crippen LogP contribution is 2.32. The molecule has 146 valence electrons. The van der Waals surface area contributed by atoms with Gasteiger partial charge < -0.3 is 14.6 Å². The van der Waals surface area contributed by atoms with Gasteiger partial charge in [0.05, 0.1) is 19.2 Å². The van der Waals surface area contributed by atoms with E-state index in [0.29, 0.717) is 13.2 Å². The first kappa shape index (κ1) is 18.6. The highest BCUT2D eigenvalue weighted by molar-refractivity contribution is 5.84. The Labute approximate surface area is 166 Å². The van der Waals surface area contributed by atoms with Gasteiger partial charge >= 0.3 is 0 Å². The van der Waals surface area contributed by atoms with Gasteiger partial charge in [-0.25, -0.2) is 5.43 Å². The number of benzene rings is 2. The summed E-state index contributed by atoms with van der Waals surface area (Å²) in [4.78, 5) is 14.9. The number of rotatable bonds is 5. The Morgan fingerprint density at radius 1 is 1.11 bits per heavy atom. The number of hydrogen-bond acceptors (Lipinski definition) is 4. The third-order valence-electron chi connectivity index (χ3n) is 5.51. The fourth-order valence-electron chi connectivity index (χ4n) is 3.95. The third-order valence-corrected chi connectivity index (χ3v) is 5.51. The first-order chi connectivity index (χ1) is 13.5. The summed E-state index contributed by atoms with van der Waals surface area (Å²) in [5.41, 5.74) is 8.27. The van der Waals surface area contributed by atoms with Crippen molar-refractivity contribution < 1.29 is 9.53 Å². The highest BCUT2D eigenvalue weighted by Gasteiger charge is 2.39. The predicted octanol–water partition coefficient (Wildman–Crippen LogP) is 3.84. The molecule has 2 unspecified atom stereocenters. The van der Waals surface area contributed by atoms with Gasteiger partial charge in [0.2, 0.25) is 0 Å². The van der Waals surface area contributed by atoms with Crippen LogP contribution in [0.4, 0.5) is 0 Å². The zero-order valence-corrected chi connectivity index (χ0v) is 16.7. The smallest absolute Gasteiger partial charge is 0.251 e. The summed E-state index contributed by atoms with van der Waals surface area (Å²) in [5, 5.41) is 1.95. The van der Waals surface area contributed by atoms with Gasteiger partial charge in [0.15, 0.2) is 0 Å². The van der Waals surface area contributed by atoms with Gasteiger partial charge in [-0.15, -0.1) is 0 Å². The van der Waals surface area contributed by atoms with Crippen LogP contribution in [0.15, 0.2) is 54.9 Å². The molecule has 2 aromatic rings. The molecule has 1 fully saturated rings. The summed E-state index contributed by atoms with van der Waals surface area (Å²) in [6, 6.07) is 14.5. The van der Waals surface area contributed by atoms with Crippen molar-refractivity contribution >= 4 is 5.91 Å². The Balaban J connectivity index is 1.45. The molecule has 2 aromatic carbocycles. The average molecular weight is 377 g/mol. The van der Waals surface area contributed by atoms with Crippen molar-refractivity contribution in [1.29, 1.82) is 0 Å². The van der Waals surface area contributed by atoms with Crippen molar-refractivity contribution in [2.45, 2.75) is 45.8 Å². The van der Waals surface area contributed by atoms with Crippen LogP contribution in [0, 0.1) is 13.8 Å². The minimum atomic E-state index is -0.174. The summed E-state index contributed by atoms with van der Waals surface area (Å²) in [6.45, 7) is 7.44. The summed E-state index contributed by atoms with van der Waals surface area (Å²) in [5.74, 6) is 1.01. The molecule has 28 heavy (non-hydrogen) atoms. The van der Waals surface area contributed by atoms with Crippen LogP contribution >= 0.6 is 0 Å². The second-order valence-corrected chi connectivity index (χ2v) is 7.54. The number of nitrogens with one attached hydrogen (secondary N) is 1. The largest absolute Gasteiger partial charge is 0.494 e. The monoisotopic (exact) mass is 377 g/mol. The molecule has 0 bridgehead atoms. The van der Waals surface area contributed by atoms with Gasteiger partial charge in [0.1, 0.15) is 11.8 Å². The maximum absolute atomic E-state index is 13.1. The van der Waals surface area contributed by atoms with Crippen molar-refractivity contribution in [3.05, 3.63) is 77.1 Å². The average Bonchev–Trinajstić information content (AvgIpc) is 3.12. The number of amides is 1. The lowest BCUT2D eigenvalue weighted by Crippen LogP contribution is -2.47. The van der Waals surface area contributed by atoms with Gasteiger partial charge in [-0.05, 0) is 56.0 Å². The summed E-state index contributed by atoms with van der Waals surface area (Å²) < 4.78 is 5.52. The zero-order chi connectivity index (χ0) is 19.7. The lowest BCUT2D eigenvalue weighted by atomic mass is 10.00. The number of fused-ring (bicyclic) bond motifs is 1. The zero-order valence-electron chi connectivity index (χ0n) is 16.7. The first-order valence-electron chi connectivity index (χ1n) is 9.87. The summed E-state index contributed by atoms with van der Waals surface area (Å²) in [6.07, 6.45) is 4.61. The number of carbonyl (C=O) groups excluding carboxylic acids is 1. The topological polar surface area (TPSA) is 44.8 Å². The van der Waals surface area contributed by atoms with Gasteiger partial charge in [0, 0.05) is 12.4 Å². The Morgan fingerprint density at radius 3 is 2.61 bits per heavy atom. The van der Waals surface area contributed by atoms with E-state index in [1.165, 1.54) is 22.3 Å². The van der Waals surface area contributed by atoms with Crippen LogP contribution in [0.25, 0.3) is 0 Å². The number of hydrogen-bond donors (Lipinski definition) is 1. The molecule has 2 atom stereocenters. The van der Waals surface area contributed by atoms with Crippen LogP contribution in [0.5, 0.6) is 5.75 Å². The molecule has 2 heterocycles. The standard InChI is InChI=1S/C23H27N3O2/c1-4-28-20-9-7-18(8-10-20)21-14-22-23(27)25(11-12-26(22)24-21)15-19-6-5-16(2)13-17(19)3/h5-13,21-22,24H,4,14-15H2,1-3H3. The molecule has 5 nitrogen and oxygen atoms in total. The molecule has 2 aliphatic heterocycles. The van der Waals surface area contributed by atoms with Gasteiger partial charge in [-0.2, -0.15) is 0 Å². The van der Waals surface area contributed by atoms with E-state index in [-0.39, 0.29) is 18.0 Å². The van der Waals surface area contributed by atoms with Gasteiger partial charge in [-0.3, -0.25) is 4.79 Å². The van der Waals surface area contributed by atoms with Crippen LogP contribution in [0.2, 0.25) is 0 Å². The van der Waals surface area contributed by atoms with Crippen molar-refractivity contribution in [2.75, 3.05) is 6.61 Å². The molecular formula is C23H27N3O2. The molecule has 1 saturated heterocycles. The molecule has 0 aromatic heterocycles. The van der Waals surface area contributed by atoms with E-state index in [4.69, 9.17) is 4.74 Å². The number of ether oxygens (including phenoxy) is 1. The van der Waals surface area contributed by atoms with E-state index in [1.807, 2.05) is 41.4 Å². The molecule has 0 aliphatic carbocycles. The van der Waals surface area contributed by atoms with E-state index in [1.54, 1.807) is 0 Å². The van der Waals surface area contributed by atoms with E-state index in [2.05, 4.69) is 49.6 Å². The van der Waals surface area contributed by atoms with Crippen LogP contribution < -0.4 is 10.2 Å². The lowest BCUT2D eigenvalue weighted by Gasteiger charge is -2.32. The van der Waals surface area contributed by atoms with Crippen molar-refractivity contribution in [3.63, 3.8) is 0 Å². The van der Waals surface area contributed by atoms with Crippen molar-refractivity contribution in [3.8, 4) is 5.75 Å². The number of aryl methyl sites for hydroxylation is 2. The highest BCUT2D eigenvalue weighted by atomic mass is 16.5. The van der Waals surface area contributed by atoms with E-state index < -0.39 is 0 Å². The number of nitrogens with zero attached hydrogens (tertiary/aromatic N) is 2. The predicted molar refractivity (Wildman–Crippen MR) is 109 cm³/mol. The molecule has 0 saturated carbocycles. The fourth-order valence-corrected chi connectivity index (χ4v) is 3.95. The molecule has 0 spiro atoms. The normalized spacial score (nSPS) is 21.2. The van der Waals surface area contributed by atoms with Crippen molar-refractivity contribution in [1.82, 2.24) is 15.3 Å². The molecular weight excluding hydrogens is 350 g/mol. The van der Waals surface area contributed by atoms with Crippen molar-refractivity contribution in [2.24, 2.45) is 0 Å². The van der Waals surface area contributed by atoms with E-state index in [9.17, 15) is 4.79 Å².